The molecule has 0 atom stereocenters. The number of hydrogen-bond donors (Lipinski definition) is 1. The minimum Gasteiger partial charge on any atom is -0.389 e. The van der Waals surface area contributed by atoms with Crippen molar-refractivity contribution in [2.75, 3.05) is 13.1 Å². The zero-order valence-electron chi connectivity index (χ0n) is 6.92. The Morgan fingerprint density at radius 2 is 2.08 bits per heavy atom. The van der Waals surface area contributed by atoms with Crippen molar-refractivity contribution in [3.05, 3.63) is 24.3 Å². The molecule has 1 amide bonds. The fourth-order valence-electron chi connectivity index (χ4n) is 1.17. The highest BCUT2D eigenvalue weighted by Gasteiger charge is 2.30. The van der Waals surface area contributed by atoms with Crippen LogP contribution in [0.1, 0.15) is 10.6 Å². The lowest BCUT2D eigenvalue weighted by molar-refractivity contribution is 0.00507. The van der Waals surface area contributed by atoms with Crippen molar-refractivity contribution in [2.45, 2.75) is 6.10 Å². The van der Waals surface area contributed by atoms with Gasteiger partial charge in [-0.15, -0.1) is 0 Å². The molecule has 2 heterocycles. The molecule has 13 heavy (non-hydrogen) atoms. The molecule has 1 N–H and O–H groups in total. The van der Waals surface area contributed by atoms with Gasteiger partial charge < -0.3 is 10.0 Å². The second kappa shape index (κ2) is 3.10. The molecular formula is C8H9N3O2. The predicted molar refractivity (Wildman–Crippen MR) is 43.9 cm³/mol. The average molecular weight is 179 g/mol. The van der Waals surface area contributed by atoms with Crippen molar-refractivity contribution >= 4 is 5.91 Å². The summed E-state index contributed by atoms with van der Waals surface area (Å²) in [4.78, 5) is 20.6. The van der Waals surface area contributed by atoms with Crippen LogP contribution in [-0.2, 0) is 0 Å². The number of likely N-dealkylation sites (tertiary alicyclic amines) is 1. The summed E-state index contributed by atoms with van der Waals surface area (Å²) in [5.41, 5.74) is 0. The van der Waals surface area contributed by atoms with Gasteiger partial charge in [0.05, 0.1) is 6.10 Å². The van der Waals surface area contributed by atoms with E-state index < -0.39 is 0 Å². The first-order valence-corrected chi connectivity index (χ1v) is 4.02. The van der Waals surface area contributed by atoms with Crippen molar-refractivity contribution in [1.29, 1.82) is 0 Å². The smallest absolute Gasteiger partial charge is 0.291 e. The first kappa shape index (κ1) is 8.12. The summed E-state index contributed by atoms with van der Waals surface area (Å²) >= 11 is 0. The van der Waals surface area contributed by atoms with Crippen LogP contribution in [0.2, 0.25) is 0 Å². The van der Waals surface area contributed by atoms with E-state index in [0.717, 1.165) is 0 Å². The zero-order chi connectivity index (χ0) is 9.26. The number of carbonyl (C=O) groups is 1. The summed E-state index contributed by atoms with van der Waals surface area (Å²) < 4.78 is 0. The number of rotatable bonds is 1. The van der Waals surface area contributed by atoms with Crippen LogP contribution in [0.4, 0.5) is 0 Å². The van der Waals surface area contributed by atoms with E-state index in [1.165, 1.54) is 17.3 Å². The largest absolute Gasteiger partial charge is 0.389 e. The van der Waals surface area contributed by atoms with Crippen LogP contribution < -0.4 is 0 Å². The van der Waals surface area contributed by atoms with Gasteiger partial charge in [0, 0.05) is 25.5 Å². The second-order valence-corrected chi connectivity index (χ2v) is 2.94. The maximum Gasteiger partial charge on any atom is 0.291 e. The third-order valence-electron chi connectivity index (χ3n) is 1.91. The third-order valence-corrected chi connectivity index (χ3v) is 1.91. The maximum atomic E-state index is 11.5. The Hall–Kier alpha value is -1.49. The molecule has 0 saturated carbocycles. The summed E-state index contributed by atoms with van der Waals surface area (Å²) in [7, 11) is 0. The molecule has 1 aliphatic rings. The Balaban J connectivity index is 2.06. The monoisotopic (exact) mass is 179 g/mol. The molecule has 2 rings (SSSR count). The highest BCUT2D eigenvalue weighted by Crippen LogP contribution is 2.09. The summed E-state index contributed by atoms with van der Waals surface area (Å²) in [5, 5.41) is 8.98. The number of hydrogen-bond acceptors (Lipinski definition) is 4. The highest BCUT2D eigenvalue weighted by molar-refractivity contribution is 5.90. The number of β-amino-alcohol motifs (C(OH)–C–C–N with tert-alkyl or cyclic N) is 1. The molecule has 1 saturated heterocycles. The van der Waals surface area contributed by atoms with Gasteiger partial charge >= 0.3 is 0 Å². The van der Waals surface area contributed by atoms with E-state index >= 15 is 0 Å². The van der Waals surface area contributed by atoms with Crippen LogP contribution >= 0.6 is 0 Å². The normalized spacial score (nSPS) is 16.8. The molecule has 1 aromatic heterocycles. The number of nitrogens with zero attached hydrogens (tertiary/aromatic N) is 3. The van der Waals surface area contributed by atoms with Gasteiger partial charge in [-0.25, -0.2) is 9.97 Å². The Morgan fingerprint density at radius 3 is 2.62 bits per heavy atom. The molecule has 0 aliphatic carbocycles. The van der Waals surface area contributed by atoms with E-state index in [1.807, 2.05) is 0 Å². The van der Waals surface area contributed by atoms with Crippen LogP contribution in [0, 0.1) is 0 Å². The van der Waals surface area contributed by atoms with Gasteiger partial charge in [0.1, 0.15) is 0 Å². The lowest BCUT2D eigenvalue weighted by Crippen LogP contribution is -2.53. The molecule has 68 valence electrons. The van der Waals surface area contributed by atoms with Crippen LogP contribution in [0.15, 0.2) is 18.5 Å². The van der Waals surface area contributed by atoms with Crippen LogP contribution in [0.5, 0.6) is 0 Å². The molecule has 1 aromatic rings. The Bertz CT molecular complexity index is 308. The Morgan fingerprint density at radius 1 is 1.46 bits per heavy atom. The van der Waals surface area contributed by atoms with Gasteiger partial charge in [0.15, 0.2) is 0 Å². The maximum absolute atomic E-state index is 11.5. The summed E-state index contributed by atoms with van der Waals surface area (Å²) in [6.45, 7) is 0.772. The van der Waals surface area contributed by atoms with E-state index in [2.05, 4.69) is 9.97 Å². The molecule has 0 bridgehead atoms. The van der Waals surface area contributed by atoms with Crippen molar-refractivity contribution in [3.63, 3.8) is 0 Å². The van der Waals surface area contributed by atoms with Gasteiger partial charge in [-0.05, 0) is 6.07 Å². The van der Waals surface area contributed by atoms with E-state index in [0.29, 0.717) is 13.1 Å². The van der Waals surface area contributed by atoms with Crippen LogP contribution in [0.25, 0.3) is 0 Å². The first-order chi connectivity index (χ1) is 6.27. The number of aliphatic hydroxyl groups is 1. The average Bonchev–Trinajstić information content (AvgIpc) is 2.13. The summed E-state index contributed by atoms with van der Waals surface area (Å²) in [5.74, 6) is -0.0275. The summed E-state index contributed by atoms with van der Waals surface area (Å²) in [6.07, 6.45) is 2.67. The van der Waals surface area contributed by atoms with E-state index in [4.69, 9.17) is 5.11 Å². The van der Waals surface area contributed by atoms with Crippen LogP contribution in [-0.4, -0.2) is 45.1 Å². The standard InChI is InChI=1S/C8H9N3O2/c12-6-4-11(5-6)8(13)7-9-2-1-3-10-7/h1-3,6,12H,4-5H2. The van der Waals surface area contributed by atoms with E-state index in [-0.39, 0.29) is 17.8 Å². The van der Waals surface area contributed by atoms with Crippen molar-refractivity contribution < 1.29 is 9.90 Å². The number of aliphatic hydroxyl groups excluding tert-OH is 1. The number of amides is 1. The molecule has 1 aliphatic heterocycles. The lowest BCUT2D eigenvalue weighted by atomic mass is 10.1. The Kier molecular flexibility index (Phi) is 1.94. The van der Waals surface area contributed by atoms with E-state index in [1.54, 1.807) is 6.07 Å². The quantitative estimate of drug-likeness (QED) is 0.618. The van der Waals surface area contributed by atoms with Gasteiger partial charge in [-0.2, -0.15) is 0 Å². The topological polar surface area (TPSA) is 66.3 Å². The molecule has 0 unspecified atom stereocenters. The predicted octanol–water partition coefficient (Wildman–Crippen LogP) is -0.707. The fourth-order valence-corrected chi connectivity index (χ4v) is 1.17. The van der Waals surface area contributed by atoms with Crippen molar-refractivity contribution in [1.82, 2.24) is 14.9 Å². The van der Waals surface area contributed by atoms with Gasteiger partial charge in [-0.3, -0.25) is 4.79 Å². The van der Waals surface area contributed by atoms with E-state index in [9.17, 15) is 4.79 Å². The van der Waals surface area contributed by atoms with Gasteiger partial charge in [0.2, 0.25) is 5.82 Å². The third kappa shape index (κ3) is 1.50. The lowest BCUT2D eigenvalue weighted by Gasteiger charge is -2.35. The Labute approximate surface area is 75.0 Å². The first-order valence-electron chi connectivity index (χ1n) is 4.02. The molecule has 5 nitrogen and oxygen atoms in total. The molecular weight excluding hydrogens is 170 g/mol. The highest BCUT2D eigenvalue weighted by atomic mass is 16.3. The van der Waals surface area contributed by atoms with Crippen LogP contribution in [0.3, 0.4) is 0 Å². The second-order valence-electron chi connectivity index (χ2n) is 2.94. The van der Waals surface area contributed by atoms with Gasteiger partial charge in [-0.1, -0.05) is 0 Å². The molecule has 0 aromatic carbocycles. The molecule has 0 spiro atoms. The fraction of sp³-hybridized carbons (Fsp3) is 0.375. The minimum atomic E-state index is -0.382. The number of carbonyl (C=O) groups excluding carboxylic acids is 1. The minimum absolute atomic E-state index is 0.189. The SMILES string of the molecule is O=C(c1ncccn1)N1CC(O)C1. The summed E-state index contributed by atoms with van der Waals surface area (Å²) in [6, 6.07) is 1.65. The zero-order valence-corrected chi connectivity index (χ0v) is 6.92. The number of aromatic nitrogens is 2. The van der Waals surface area contributed by atoms with Gasteiger partial charge in [0.25, 0.3) is 5.91 Å². The molecule has 1 fully saturated rings. The molecule has 0 radical (unpaired) electrons. The molecule has 5 heteroatoms. The van der Waals surface area contributed by atoms with Crippen molar-refractivity contribution in [2.24, 2.45) is 0 Å². The van der Waals surface area contributed by atoms with Crippen molar-refractivity contribution in [3.8, 4) is 0 Å².